The SMILES string of the molecule is CNCCCN1c2ccccc2Sc2cccnc21. The summed E-state index contributed by atoms with van der Waals surface area (Å²) in [5.41, 5.74) is 1.27. The molecule has 0 atom stereocenters. The van der Waals surface area contributed by atoms with Crippen LogP contribution < -0.4 is 10.2 Å². The molecule has 0 bridgehead atoms. The fraction of sp³-hybridized carbons (Fsp3) is 0.267. The predicted molar refractivity (Wildman–Crippen MR) is 80.4 cm³/mol. The summed E-state index contributed by atoms with van der Waals surface area (Å²) in [6, 6.07) is 12.7. The van der Waals surface area contributed by atoms with Crippen LogP contribution in [0.3, 0.4) is 0 Å². The highest BCUT2D eigenvalue weighted by atomic mass is 32.2. The predicted octanol–water partition coefficient (Wildman–Crippen LogP) is 3.29. The average Bonchev–Trinajstić information content (AvgIpc) is 2.46. The van der Waals surface area contributed by atoms with Crippen LogP contribution in [0.1, 0.15) is 6.42 Å². The van der Waals surface area contributed by atoms with E-state index in [4.69, 9.17) is 0 Å². The maximum atomic E-state index is 4.56. The molecule has 3 nitrogen and oxygen atoms in total. The van der Waals surface area contributed by atoms with E-state index in [1.165, 1.54) is 15.5 Å². The van der Waals surface area contributed by atoms with Gasteiger partial charge in [0, 0.05) is 17.6 Å². The van der Waals surface area contributed by atoms with Crippen molar-refractivity contribution >= 4 is 23.3 Å². The first-order chi connectivity index (χ1) is 9.40. The molecule has 98 valence electrons. The van der Waals surface area contributed by atoms with Crippen molar-refractivity contribution < 1.29 is 0 Å². The molecule has 19 heavy (non-hydrogen) atoms. The average molecular weight is 271 g/mol. The molecule has 2 heterocycles. The monoisotopic (exact) mass is 271 g/mol. The number of aromatic nitrogens is 1. The van der Waals surface area contributed by atoms with Crippen LogP contribution in [0.25, 0.3) is 0 Å². The summed E-state index contributed by atoms with van der Waals surface area (Å²) in [7, 11) is 1.99. The van der Waals surface area contributed by atoms with Crippen LogP contribution >= 0.6 is 11.8 Å². The van der Waals surface area contributed by atoms with Crippen molar-refractivity contribution in [1.29, 1.82) is 0 Å². The maximum absolute atomic E-state index is 4.56. The van der Waals surface area contributed by atoms with Crippen molar-refractivity contribution in [1.82, 2.24) is 10.3 Å². The molecule has 3 rings (SSSR count). The van der Waals surface area contributed by atoms with Gasteiger partial charge >= 0.3 is 0 Å². The Morgan fingerprint density at radius 3 is 2.89 bits per heavy atom. The number of anilines is 2. The Bertz CT molecular complexity index is 525. The minimum absolute atomic E-state index is 0.989. The second-order valence-corrected chi connectivity index (χ2v) is 5.59. The van der Waals surface area contributed by atoms with Crippen LogP contribution in [0.4, 0.5) is 11.5 Å². The number of hydrogen-bond acceptors (Lipinski definition) is 4. The molecule has 0 aliphatic carbocycles. The minimum Gasteiger partial charge on any atom is -0.324 e. The van der Waals surface area contributed by atoms with Crippen molar-refractivity contribution in [3.8, 4) is 0 Å². The summed E-state index contributed by atoms with van der Waals surface area (Å²) >= 11 is 1.81. The van der Waals surface area contributed by atoms with Crippen LogP contribution in [0, 0.1) is 0 Å². The molecule has 0 saturated heterocycles. The lowest BCUT2D eigenvalue weighted by Crippen LogP contribution is -2.25. The number of nitrogens with zero attached hydrogens (tertiary/aromatic N) is 2. The van der Waals surface area contributed by atoms with Gasteiger partial charge in [-0.3, -0.25) is 0 Å². The first-order valence-corrected chi connectivity index (χ1v) is 7.36. The van der Waals surface area contributed by atoms with Crippen molar-refractivity contribution in [3.05, 3.63) is 42.6 Å². The van der Waals surface area contributed by atoms with Crippen LogP contribution in [-0.4, -0.2) is 25.1 Å². The van der Waals surface area contributed by atoms with Gasteiger partial charge in [-0.05, 0) is 44.3 Å². The highest BCUT2D eigenvalue weighted by molar-refractivity contribution is 7.99. The fourth-order valence-corrected chi connectivity index (χ4v) is 3.37. The largest absolute Gasteiger partial charge is 0.324 e. The third kappa shape index (κ3) is 2.46. The topological polar surface area (TPSA) is 28.2 Å². The Kier molecular flexibility index (Phi) is 3.71. The Hall–Kier alpha value is -1.52. The Labute approximate surface area is 118 Å². The van der Waals surface area contributed by atoms with Crippen LogP contribution in [0.2, 0.25) is 0 Å². The summed E-state index contributed by atoms with van der Waals surface area (Å²) in [5, 5.41) is 3.20. The van der Waals surface area contributed by atoms with E-state index in [1.807, 2.05) is 19.3 Å². The van der Waals surface area contributed by atoms with E-state index in [-0.39, 0.29) is 0 Å². The number of hydrogen-bond donors (Lipinski definition) is 1. The van der Waals surface area contributed by atoms with Crippen LogP contribution in [0.15, 0.2) is 52.4 Å². The Morgan fingerprint density at radius 1 is 1.16 bits per heavy atom. The van der Waals surface area contributed by atoms with Gasteiger partial charge in [-0.25, -0.2) is 4.98 Å². The van der Waals surface area contributed by atoms with E-state index in [0.29, 0.717) is 0 Å². The molecular formula is C15H17N3S. The van der Waals surface area contributed by atoms with E-state index >= 15 is 0 Å². The van der Waals surface area contributed by atoms with Gasteiger partial charge in [0.05, 0.1) is 10.6 Å². The van der Waals surface area contributed by atoms with Crippen molar-refractivity contribution in [2.75, 3.05) is 25.0 Å². The van der Waals surface area contributed by atoms with Gasteiger partial charge in [0.25, 0.3) is 0 Å². The fourth-order valence-electron chi connectivity index (χ4n) is 2.30. The second kappa shape index (κ2) is 5.63. The molecular weight excluding hydrogens is 254 g/mol. The lowest BCUT2D eigenvalue weighted by Gasteiger charge is -2.31. The third-order valence-electron chi connectivity index (χ3n) is 3.19. The molecule has 0 radical (unpaired) electrons. The minimum atomic E-state index is 0.989. The van der Waals surface area contributed by atoms with Gasteiger partial charge in [-0.2, -0.15) is 0 Å². The summed E-state index contributed by atoms with van der Waals surface area (Å²) in [6.45, 7) is 2.01. The zero-order valence-corrected chi connectivity index (χ0v) is 11.8. The maximum Gasteiger partial charge on any atom is 0.147 e. The standard InChI is InChI=1S/C15H17N3S/c1-16-9-5-11-18-12-6-2-3-7-13(12)19-14-8-4-10-17-15(14)18/h2-4,6-8,10,16H,5,9,11H2,1H3. The highest BCUT2D eigenvalue weighted by Crippen LogP contribution is 2.46. The number of benzene rings is 1. The smallest absolute Gasteiger partial charge is 0.147 e. The molecule has 4 heteroatoms. The first kappa shape index (κ1) is 12.5. The Balaban J connectivity index is 1.96. The third-order valence-corrected chi connectivity index (χ3v) is 4.29. The zero-order chi connectivity index (χ0) is 13.1. The van der Waals surface area contributed by atoms with Gasteiger partial charge in [0.15, 0.2) is 0 Å². The van der Waals surface area contributed by atoms with Gasteiger partial charge in [-0.1, -0.05) is 23.9 Å². The van der Waals surface area contributed by atoms with Gasteiger partial charge in [-0.15, -0.1) is 0 Å². The number of pyridine rings is 1. The van der Waals surface area contributed by atoms with Crippen molar-refractivity contribution in [2.24, 2.45) is 0 Å². The molecule has 0 fully saturated rings. The lowest BCUT2D eigenvalue weighted by atomic mass is 10.2. The molecule has 0 amide bonds. The molecule has 0 unspecified atom stereocenters. The summed E-state index contributed by atoms with van der Waals surface area (Å²) in [5.74, 6) is 1.09. The number of fused-ring (bicyclic) bond motifs is 2. The van der Waals surface area contributed by atoms with E-state index in [1.54, 1.807) is 11.8 Å². The first-order valence-electron chi connectivity index (χ1n) is 6.54. The zero-order valence-electron chi connectivity index (χ0n) is 11.0. The molecule has 0 spiro atoms. The van der Waals surface area contributed by atoms with E-state index < -0.39 is 0 Å². The normalized spacial score (nSPS) is 13.0. The lowest BCUT2D eigenvalue weighted by molar-refractivity contribution is 0.715. The highest BCUT2D eigenvalue weighted by Gasteiger charge is 2.23. The number of nitrogens with one attached hydrogen (secondary N) is 1. The summed E-state index contributed by atoms with van der Waals surface area (Å²) in [4.78, 5) is 9.45. The summed E-state index contributed by atoms with van der Waals surface area (Å²) < 4.78 is 0. The number of para-hydroxylation sites is 1. The van der Waals surface area contributed by atoms with E-state index in [0.717, 1.165) is 25.3 Å². The van der Waals surface area contributed by atoms with Gasteiger partial charge in [0.1, 0.15) is 5.82 Å². The summed E-state index contributed by atoms with van der Waals surface area (Å²) in [6.07, 6.45) is 2.98. The molecule has 1 aromatic heterocycles. The van der Waals surface area contributed by atoms with Gasteiger partial charge < -0.3 is 10.2 Å². The van der Waals surface area contributed by atoms with E-state index in [9.17, 15) is 0 Å². The van der Waals surface area contributed by atoms with E-state index in [2.05, 4.69) is 45.5 Å². The number of rotatable bonds is 4. The van der Waals surface area contributed by atoms with Gasteiger partial charge in [0.2, 0.25) is 0 Å². The molecule has 1 aliphatic rings. The van der Waals surface area contributed by atoms with Crippen LogP contribution in [0.5, 0.6) is 0 Å². The molecule has 1 aliphatic heterocycles. The molecule has 1 N–H and O–H groups in total. The molecule has 2 aromatic rings. The van der Waals surface area contributed by atoms with Crippen molar-refractivity contribution in [3.63, 3.8) is 0 Å². The molecule has 1 aromatic carbocycles. The van der Waals surface area contributed by atoms with Crippen LogP contribution in [-0.2, 0) is 0 Å². The quantitative estimate of drug-likeness (QED) is 0.864. The molecule has 0 saturated carbocycles. The van der Waals surface area contributed by atoms with Crippen molar-refractivity contribution in [2.45, 2.75) is 16.2 Å². The Morgan fingerprint density at radius 2 is 2.00 bits per heavy atom. The second-order valence-electron chi connectivity index (χ2n) is 4.50.